The van der Waals surface area contributed by atoms with Crippen molar-refractivity contribution in [1.29, 1.82) is 0 Å². The van der Waals surface area contributed by atoms with Crippen LogP contribution in [0, 0.1) is 0 Å². The summed E-state index contributed by atoms with van der Waals surface area (Å²) in [4.78, 5) is 0. The zero-order valence-electron chi connectivity index (χ0n) is 9.61. The highest BCUT2D eigenvalue weighted by molar-refractivity contribution is 7.80. The first-order valence-electron chi connectivity index (χ1n) is 5.26. The van der Waals surface area contributed by atoms with E-state index in [1.165, 1.54) is 0 Å². The van der Waals surface area contributed by atoms with Gasteiger partial charge in [-0.25, -0.2) is 0 Å². The number of nitrogens with one attached hydrogen (secondary N) is 2. The number of benzene rings is 1. The first kappa shape index (κ1) is 13.3. The van der Waals surface area contributed by atoms with E-state index in [-0.39, 0.29) is 0 Å². The van der Waals surface area contributed by atoms with E-state index in [1.54, 1.807) is 12.2 Å². The Morgan fingerprint density at radius 1 is 1.29 bits per heavy atom. The van der Waals surface area contributed by atoms with Crippen molar-refractivity contribution in [2.24, 2.45) is 0 Å². The highest BCUT2D eigenvalue weighted by Crippen LogP contribution is 2.23. The largest absolute Gasteiger partial charge is 0.487 e. The van der Waals surface area contributed by atoms with Crippen LogP contribution in [-0.4, -0.2) is 18.3 Å². The topological polar surface area (TPSA) is 33.3 Å². The monoisotopic (exact) mass is 248 g/mol. The second-order valence-electron chi connectivity index (χ2n) is 3.22. The molecule has 0 aliphatic carbocycles. The van der Waals surface area contributed by atoms with Crippen LogP contribution in [0.1, 0.15) is 0 Å². The fourth-order valence-electron chi connectivity index (χ4n) is 1.18. The maximum atomic E-state index is 5.50. The molecule has 0 amide bonds. The molecule has 2 N–H and O–H groups in total. The van der Waals surface area contributed by atoms with Crippen molar-refractivity contribution in [3.8, 4) is 5.75 Å². The fraction of sp³-hybridized carbons (Fsp3) is 0.154. The van der Waals surface area contributed by atoms with Crippen LogP contribution in [0.5, 0.6) is 5.75 Å². The van der Waals surface area contributed by atoms with Crippen LogP contribution >= 0.6 is 12.2 Å². The van der Waals surface area contributed by atoms with Crippen molar-refractivity contribution in [3.63, 3.8) is 0 Å². The standard InChI is InChI=1S/C13H16N2OS/c1-3-9-14-13(17)15-11-7-5-6-8-12(11)16-10-4-2/h3-8H,1-2,9-10H2,(H2,14,15,17). The fourth-order valence-corrected chi connectivity index (χ4v) is 1.37. The minimum atomic E-state index is 0.464. The van der Waals surface area contributed by atoms with Crippen molar-refractivity contribution in [2.45, 2.75) is 0 Å². The molecule has 90 valence electrons. The van der Waals surface area contributed by atoms with Gasteiger partial charge < -0.3 is 15.4 Å². The molecule has 0 saturated carbocycles. The van der Waals surface area contributed by atoms with Crippen LogP contribution in [0.2, 0.25) is 0 Å². The van der Waals surface area contributed by atoms with Crippen molar-refractivity contribution in [1.82, 2.24) is 5.32 Å². The van der Waals surface area contributed by atoms with E-state index in [1.807, 2.05) is 24.3 Å². The molecule has 1 aromatic rings. The molecule has 0 aliphatic rings. The minimum Gasteiger partial charge on any atom is -0.487 e. The maximum Gasteiger partial charge on any atom is 0.171 e. The second-order valence-corrected chi connectivity index (χ2v) is 3.63. The number of ether oxygens (including phenoxy) is 1. The highest BCUT2D eigenvalue weighted by atomic mass is 32.1. The van der Waals surface area contributed by atoms with E-state index >= 15 is 0 Å². The van der Waals surface area contributed by atoms with Crippen molar-refractivity contribution in [2.75, 3.05) is 18.5 Å². The second kappa shape index (κ2) is 7.46. The molecule has 3 nitrogen and oxygen atoms in total. The SMILES string of the molecule is C=CCNC(=S)Nc1ccccc1OCC=C. The summed E-state index contributed by atoms with van der Waals surface area (Å²) in [6.45, 7) is 8.31. The van der Waals surface area contributed by atoms with Crippen LogP contribution in [0.4, 0.5) is 5.69 Å². The van der Waals surface area contributed by atoms with Crippen LogP contribution in [-0.2, 0) is 0 Å². The van der Waals surface area contributed by atoms with E-state index in [4.69, 9.17) is 17.0 Å². The molecule has 0 aromatic heterocycles. The van der Waals surface area contributed by atoms with Crippen molar-refractivity contribution < 1.29 is 4.74 Å². The Bertz CT molecular complexity index is 404. The molecule has 17 heavy (non-hydrogen) atoms. The smallest absolute Gasteiger partial charge is 0.171 e. The van der Waals surface area contributed by atoms with E-state index in [0.29, 0.717) is 18.3 Å². The molecule has 1 aromatic carbocycles. The molecule has 0 aliphatic heterocycles. The predicted molar refractivity (Wildman–Crippen MR) is 76.6 cm³/mol. The predicted octanol–water partition coefficient (Wildman–Crippen LogP) is 2.72. The van der Waals surface area contributed by atoms with Crippen LogP contribution < -0.4 is 15.4 Å². The molecule has 0 unspecified atom stereocenters. The van der Waals surface area contributed by atoms with Gasteiger partial charge in [-0.3, -0.25) is 0 Å². The van der Waals surface area contributed by atoms with E-state index in [9.17, 15) is 0 Å². The zero-order chi connectivity index (χ0) is 12.5. The third-order valence-corrected chi connectivity index (χ3v) is 2.15. The number of anilines is 1. The van der Waals surface area contributed by atoms with E-state index in [0.717, 1.165) is 11.4 Å². The molecule has 0 heterocycles. The summed E-state index contributed by atoms with van der Waals surface area (Å²) < 4.78 is 5.50. The molecule has 0 fully saturated rings. The normalized spacial score (nSPS) is 9.18. The summed E-state index contributed by atoms with van der Waals surface area (Å²) >= 11 is 5.13. The summed E-state index contributed by atoms with van der Waals surface area (Å²) in [5.74, 6) is 0.746. The summed E-state index contributed by atoms with van der Waals surface area (Å²) in [6, 6.07) is 7.60. The van der Waals surface area contributed by atoms with Gasteiger partial charge in [0.05, 0.1) is 5.69 Å². The van der Waals surface area contributed by atoms with Gasteiger partial charge >= 0.3 is 0 Å². The lowest BCUT2D eigenvalue weighted by atomic mass is 10.3. The Hall–Kier alpha value is -1.81. The number of rotatable bonds is 6. The van der Waals surface area contributed by atoms with Gasteiger partial charge in [0.15, 0.2) is 5.11 Å². The Kier molecular flexibility index (Phi) is 5.82. The van der Waals surface area contributed by atoms with E-state index in [2.05, 4.69) is 23.8 Å². The Balaban J connectivity index is 2.65. The van der Waals surface area contributed by atoms with Crippen LogP contribution in [0.15, 0.2) is 49.6 Å². The minimum absolute atomic E-state index is 0.464. The highest BCUT2D eigenvalue weighted by Gasteiger charge is 2.03. The lowest BCUT2D eigenvalue weighted by Gasteiger charge is -2.13. The van der Waals surface area contributed by atoms with Crippen LogP contribution in [0.25, 0.3) is 0 Å². The van der Waals surface area contributed by atoms with Gasteiger partial charge in [-0.1, -0.05) is 30.9 Å². The number of hydrogen-bond donors (Lipinski definition) is 2. The average Bonchev–Trinajstić information content (AvgIpc) is 2.35. The van der Waals surface area contributed by atoms with Crippen molar-refractivity contribution >= 4 is 23.0 Å². The van der Waals surface area contributed by atoms with Gasteiger partial charge in [-0.05, 0) is 24.4 Å². The van der Waals surface area contributed by atoms with Crippen LogP contribution in [0.3, 0.4) is 0 Å². The van der Waals surface area contributed by atoms with Gasteiger partial charge in [-0.15, -0.1) is 6.58 Å². The van der Waals surface area contributed by atoms with Gasteiger partial charge in [0.25, 0.3) is 0 Å². The third kappa shape index (κ3) is 4.70. The van der Waals surface area contributed by atoms with Gasteiger partial charge in [0.1, 0.15) is 12.4 Å². The zero-order valence-corrected chi connectivity index (χ0v) is 10.4. The molecular weight excluding hydrogens is 232 g/mol. The molecule has 0 bridgehead atoms. The molecule has 1 rings (SSSR count). The lowest BCUT2D eigenvalue weighted by molar-refractivity contribution is 0.365. The molecule has 0 spiro atoms. The lowest BCUT2D eigenvalue weighted by Crippen LogP contribution is -2.28. The Morgan fingerprint density at radius 2 is 2.06 bits per heavy atom. The maximum absolute atomic E-state index is 5.50. The van der Waals surface area contributed by atoms with Crippen molar-refractivity contribution in [3.05, 3.63) is 49.6 Å². The summed E-state index contributed by atoms with van der Waals surface area (Å²) in [6.07, 6.45) is 3.44. The summed E-state index contributed by atoms with van der Waals surface area (Å²) in [7, 11) is 0. The van der Waals surface area contributed by atoms with Gasteiger partial charge in [0, 0.05) is 6.54 Å². The number of hydrogen-bond acceptors (Lipinski definition) is 2. The Labute approximate surface area is 107 Å². The van der Waals surface area contributed by atoms with Gasteiger partial charge in [-0.2, -0.15) is 0 Å². The molecule has 0 saturated heterocycles. The summed E-state index contributed by atoms with van der Waals surface area (Å²) in [5, 5.41) is 6.60. The third-order valence-electron chi connectivity index (χ3n) is 1.90. The molecular formula is C13H16N2OS. The van der Waals surface area contributed by atoms with E-state index < -0.39 is 0 Å². The first-order valence-corrected chi connectivity index (χ1v) is 5.67. The number of para-hydroxylation sites is 2. The number of thiocarbonyl (C=S) groups is 1. The molecule has 0 radical (unpaired) electrons. The quantitative estimate of drug-likeness (QED) is 0.599. The average molecular weight is 248 g/mol. The molecule has 4 heteroatoms. The summed E-state index contributed by atoms with van der Waals surface area (Å²) in [5.41, 5.74) is 0.830. The van der Waals surface area contributed by atoms with Gasteiger partial charge in [0.2, 0.25) is 0 Å². The molecule has 0 atom stereocenters. The first-order chi connectivity index (χ1) is 8.27. The Morgan fingerprint density at radius 3 is 2.76 bits per heavy atom.